The van der Waals surface area contributed by atoms with E-state index < -0.39 is 29.9 Å². The smallest absolute Gasteiger partial charge is 0.325 e. The molecule has 2 heterocycles. The number of nitrogens with zero attached hydrogens (tertiary/aromatic N) is 2. The summed E-state index contributed by atoms with van der Waals surface area (Å²) in [6, 6.07) is 9.61. The molecule has 12 heteroatoms. The Hall–Kier alpha value is -4.03. The highest BCUT2D eigenvalue weighted by Gasteiger charge is 2.39. The average Bonchev–Trinajstić information content (AvgIpc) is 3.48. The summed E-state index contributed by atoms with van der Waals surface area (Å²) in [6.45, 7) is 3.80. The van der Waals surface area contributed by atoms with Gasteiger partial charge in [-0.1, -0.05) is 36.9 Å². The molecule has 2 aromatic rings. The van der Waals surface area contributed by atoms with E-state index in [0.29, 0.717) is 36.4 Å². The topological polar surface area (TPSA) is 125 Å². The number of benzene rings is 2. The summed E-state index contributed by atoms with van der Waals surface area (Å²) < 4.78 is 18.1. The molecule has 10 nitrogen and oxygen atoms in total. The van der Waals surface area contributed by atoms with Gasteiger partial charge in [-0.2, -0.15) is 0 Å². The number of carbonyl (C=O) groups excluding carboxylic acids is 5. The fraction of sp³-hybridized carbons (Fsp3) is 0.387. The lowest BCUT2D eigenvalue weighted by molar-refractivity contribution is -0.152. The van der Waals surface area contributed by atoms with Crippen molar-refractivity contribution < 1.29 is 33.1 Å². The minimum absolute atomic E-state index is 0.0706. The first-order chi connectivity index (χ1) is 20.5. The van der Waals surface area contributed by atoms with Crippen molar-refractivity contribution in [1.82, 2.24) is 15.3 Å². The number of nitrogens with one attached hydrogen (secondary N) is 2. The van der Waals surface area contributed by atoms with E-state index in [2.05, 4.69) is 10.7 Å². The molecular weight excluding hydrogens is 575 g/mol. The first kappa shape index (κ1) is 31.9. The van der Waals surface area contributed by atoms with Crippen LogP contribution >= 0.6 is 11.8 Å². The number of hydrogen-bond acceptors (Lipinski definition) is 8. The first-order valence-electron chi connectivity index (χ1n) is 14.0. The number of carbonyl (C=O) groups is 5. The maximum Gasteiger partial charge on any atom is 0.325 e. The molecule has 43 heavy (non-hydrogen) atoms. The van der Waals surface area contributed by atoms with Crippen LogP contribution in [0.5, 0.6) is 0 Å². The van der Waals surface area contributed by atoms with E-state index >= 15 is 0 Å². The van der Waals surface area contributed by atoms with E-state index in [9.17, 15) is 28.4 Å². The molecule has 0 bridgehead atoms. The third kappa shape index (κ3) is 8.29. The largest absolute Gasteiger partial charge is 0.468 e. The Morgan fingerprint density at radius 1 is 1.09 bits per heavy atom. The normalized spacial score (nSPS) is 19.0. The average molecular weight is 611 g/mol. The summed E-state index contributed by atoms with van der Waals surface area (Å²) in [5.74, 6) is -1.92. The van der Waals surface area contributed by atoms with Crippen molar-refractivity contribution in [2.24, 2.45) is 5.92 Å². The minimum atomic E-state index is -0.781. The molecule has 0 aromatic heterocycles. The number of hydrogen-bond donors (Lipinski definition) is 2. The van der Waals surface area contributed by atoms with Crippen LogP contribution in [0.2, 0.25) is 0 Å². The third-order valence-corrected chi connectivity index (χ3v) is 8.50. The van der Waals surface area contributed by atoms with Crippen LogP contribution in [-0.2, 0) is 41.7 Å². The molecule has 228 valence electrons. The fourth-order valence-corrected chi connectivity index (χ4v) is 5.80. The summed E-state index contributed by atoms with van der Waals surface area (Å²) >= 11 is 1.08. The SMILES string of the molecule is COC(=O)C1Cc2ccc(NC(=O)C=Cc3ccc(F)cc3)cc2CN1NC(=O)[C@@H]1CCCN1C(=O)[C@H](C)CSC(C)=O. The van der Waals surface area contributed by atoms with Crippen LogP contribution in [0, 0.1) is 11.7 Å². The van der Waals surface area contributed by atoms with Gasteiger partial charge in [-0.3, -0.25) is 29.4 Å². The number of amides is 3. The third-order valence-electron chi connectivity index (χ3n) is 7.42. The number of halogens is 1. The standard InChI is InChI=1S/C31H35FN4O6S/c1-19(18-43-20(2)37)30(40)35-14-4-5-26(35)29(39)34-36-17-23-15-25(12-9-22(23)16-27(36)31(41)42-3)33-28(38)13-8-21-6-10-24(32)11-7-21/h6-13,15,19,26-27H,4-5,14,16-18H2,1-3H3,(H,33,38)(H,34,39)/t19-,26+,27?/m1/s1. The van der Waals surface area contributed by atoms with Crippen molar-refractivity contribution >= 4 is 52.3 Å². The number of hydrazine groups is 1. The van der Waals surface area contributed by atoms with Crippen molar-refractivity contribution in [3.63, 3.8) is 0 Å². The van der Waals surface area contributed by atoms with Gasteiger partial charge in [-0.05, 0) is 59.9 Å². The summed E-state index contributed by atoms with van der Waals surface area (Å²) in [5, 5.41) is 4.25. The number of esters is 1. The van der Waals surface area contributed by atoms with Crippen molar-refractivity contribution in [2.75, 3.05) is 24.7 Å². The lowest BCUT2D eigenvalue weighted by Gasteiger charge is -2.36. The van der Waals surface area contributed by atoms with E-state index in [1.165, 1.54) is 37.3 Å². The lowest BCUT2D eigenvalue weighted by Crippen LogP contribution is -2.58. The van der Waals surface area contributed by atoms with Gasteiger partial charge in [-0.25, -0.2) is 9.40 Å². The molecule has 2 aliphatic rings. The summed E-state index contributed by atoms with van der Waals surface area (Å²) in [5.41, 5.74) is 5.73. The van der Waals surface area contributed by atoms with Gasteiger partial charge in [0.2, 0.25) is 11.8 Å². The van der Waals surface area contributed by atoms with Gasteiger partial charge in [0, 0.05) is 49.9 Å². The molecule has 4 rings (SSSR count). The summed E-state index contributed by atoms with van der Waals surface area (Å²) in [4.78, 5) is 64.7. The highest BCUT2D eigenvalue weighted by molar-refractivity contribution is 8.13. The number of ether oxygens (including phenoxy) is 1. The molecule has 1 fully saturated rings. The van der Waals surface area contributed by atoms with E-state index in [0.717, 1.165) is 22.9 Å². The monoisotopic (exact) mass is 610 g/mol. The van der Waals surface area contributed by atoms with Gasteiger partial charge >= 0.3 is 5.97 Å². The summed E-state index contributed by atoms with van der Waals surface area (Å²) in [6.07, 6.45) is 4.34. The van der Waals surface area contributed by atoms with Crippen LogP contribution < -0.4 is 10.7 Å². The van der Waals surface area contributed by atoms with E-state index in [-0.39, 0.29) is 35.7 Å². The van der Waals surface area contributed by atoms with Gasteiger partial charge in [0.1, 0.15) is 17.9 Å². The predicted octanol–water partition coefficient (Wildman–Crippen LogP) is 3.32. The van der Waals surface area contributed by atoms with E-state index in [1.807, 2.05) is 6.07 Å². The Morgan fingerprint density at radius 3 is 2.53 bits per heavy atom. The lowest BCUT2D eigenvalue weighted by atomic mass is 9.94. The van der Waals surface area contributed by atoms with Crippen LogP contribution in [0.4, 0.5) is 10.1 Å². The second-order valence-corrected chi connectivity index (χ2v) is 11.8. The van der Waals surface area contributed by atoms with Gasteiger partial charge < -0.3 is 15.0 Å². The van der Waals surface area contributed by atoms with Crippen LogP contribution in [-0.4, -0.2) is 70.2 Å². The van der Waals surface area contributed by atoms with Crippen molar-refractivity contribution in [2.45, 2.75) is 51.7 Å². The quantitative estimate of drug-likeness (QED) is 0.327. The van der Waals surface area contributed by atoms with Crippen LogP contribution in [0.25, 0.3) is 6.08 Å². The van der Waals surface area contributed by atoms with Crippen molar-refractivity contribution in [1.29, 1.82) is 0 Å². The summed E-state index contributed by atoms with van der Waals surface area (Å²) in [7, 11) is 1.29. The molecule has 0 saturated carbocycles. The number of anilines is 1. The molecule has 0 spiro atoms. The maximum absolute atomic E-state index is 13.5. The zero-order chi connectivity index (χ0) is 31.1. The second kappa shape index (κ2) is 14.4. The van der Waals surface area contributed by atoms with E-state index in [1.54, 1.807) is 42.2 Å². The molecular formula is C31H35FN4O6S. The molecule has 2 aromatic carbocycles. The highest BCUT2D eigenvalue weighted by Crippen LogP contribution is 2.27. The van der Waals surface area contributed by atoms with Gasteiger partial charge in [0.05, 0.1) is 7.11 Å². The predicted molar refractivity (Wildman–Crippen MR) is 161 cm³/mol. The van der Waals surface area contributed by atoms with Gasteiger partial charge in [-0.15, -0.1) is 0 Å². The molecule has 3 amide bonds. The number of methoxy groups -OCH3 is 1. The molecule has 1 saturated heterocycles. The maximum atomic E-state index is 13.5. The number of fused-ring (bicyclic) bond motifs is 1. The zero-order valence-corrected chi connectivity index (χ0v) is 25.1. The molecule has 2 N–H and O–H groups in total. The Bertz CT molecular complexity index is 1420. The highest BCUT2D eigenvalue weighted by atomic mass is 32.2. The van der Waals surface area contributed by atoms with Crippen LogP contribution in [0.15, 0.2) is 48.5 Å². The van der Waals surface area contributed by atoms with Gasteiger partial charge in [0.15, 0.2) is 5.12 Å². The van der Waals surface area contributed by atoms with Crippen molar-refractivity contribution in [3.8, 4) is 0 Å². The first-order valence-corrected chi connectivity index (χ1v) is 15.0. The zero-order valence-electron chi connectivity index (χ0n) is 24.3. The Balaban J connectivity index is 1.45. The van der Waals surface area contributed by atoms with E-state index in [4.69, 9.17) is 4.74 Å². The van der Waals surface area contributed by atoms with Gasteiger partial charge in [0.25, 0.3) is 5.91 Å². The number of thioether (sulfide) groups is 1. The Morgan fingerprint density at radius 2 is 1.84 bits per heavy atom. The fourth-order valence-electron chi connectivity index (χ4n) is 5.17. The molecule has 0 aliphatic carbocycles. The Kier molecular flexibility index (Phi) is 10.7. The minimum Gasteiger partial charge on any atom is -0.468 e. The number of likely N-dealkylation sites (tertiary alicyclic amines) is 1. The van der Waals surface area contributed by atoms with Crippen LogP contribution in [0.1, 0.15) is 43.4 Å². The molecule has 0 radical (unpaired) electrons. The van der Waals surface area contributed by atoms with Crippen LogP contribution in [0.3, 0.4) is 0 Å². The molecule has 3 atom stereocenters. The second-order valence-electron chi connectivity index (χ2n) is 10.6. The Labute approximate surface area is 254 Å². The van der Waals surface area contributed by atoms with Crippen molar-refractivity contribution in [3.05, 3.63) is 71.0 Å². The molecule has 2 aliphatic heterocycles. The molecule has 1 unspecified atom stereocenters. The number of rotatable bonds is 9.